The van der Waals surface area contributed by atoms with Crippen molar-refractivity contribution >= 4 is 17.6 Å². The third-order valence-corrected chi connectivity index (χ3v) is 3.91. The fourth-order valence-electron chi connectivity index (χ4n) is 2.67. The molecule has 2 rings (SSSR count). The number of anilines is 1. The Hall–Kier alpha value is -1.88. The highest BCUT2D eigenvalue weighted by atomic mass is 16.5. The molecule has 0 saturated carbocycles. The summed E-state index contributed by atoms with van der Waals surface area (Å²) in [6.07, 6.45) is 5.65. The quantitative estimate of drug-likeness (QED) is 0.819. The van der Waals surface area contributed by atoms with E-state index in [0.29, 0.717) is 24.4 Å². The summed E-state index contributed by atoms with van der Waals surface area (Å²) in [7, 11) is 0. The zero-order valence-corrected chi connectivity index (χ0v) is 13.8. The molecule has 0 aromatic heterocycles. The molecule has 0 aliphatic carbocycles. The van der Waals surface area contributed by atoms with Gasteiger partial charge >= 0.3 is 5.97 Å². The highest BCUT2D eigenvalue weighted by Crippen LogP contribution is 2.12. The van der Waals surface area contributed by atoms with Crippen molar-refractivity contribution in [3.63, 3.8) is 0 Å². The van der Waals surface area contributed by atoms with Gasteiger partial charge in [-0.3, -0.25) is 9.69 Å². The number of rotatable bonds is 6. The number of hydrogen-bond donors (Lipinski definition) is 1. The van der Waals surface area contributed by atoms with Gasteiger partial charge in [-0.25, -0.2) is 4.79 Å². The van der Waals surface area contributed by atoms with Crippen LogP contribution in [0.4, 0.5) is 5.69 Å². The van der Waals surface area contributed by atoms with Crippen LogP contribution >= 0.6 is 0 Å². The Morgan fingerprint density at radius 1 is 1.09 bits per heavy atom. The molecule has 1 N–H and O–H groups in total. The molecule has 0 unspecified atom stereocenters. The normalized spacial score (nSPS) is 15.7. The molecular weight excluding hydrogens is 292 g/mol. The van der Waals surface area contributed by atoms with Crippen LogP contribution in [0.5, 0.6) is 0 Å². The molecule has 0 radical (unpaired) electrons. The minimum atomic E-state index is -0.325. The van der Waals surface area contributed by atoms with Crippen LogP contribution in [0.2, 0.25) is 0 Å². The Labute approximate surface area is 138 Å². The van der Waals surface area contributed by atoms with Crippen LogP contribution in [0.15, 0.2) is 24.3 Å². The van der Waals surface area contributed by atoms with Crippen molar-refractivity contribution in [2.75, 3.05) is 31.6 Å². The van der Waals surface area contributed by atoms with Gasteiger partial charge in [0, 0.05) is 5.69 Å². The molecule has 0 atom stereocenters. The first-order chi connectivity index (χ1) is 11.2. The molecule has 1 aliphatic heterocycles. The van der Waals surface area contributed by atoms with E-state index < -0.39 is 0 Å². The predicted molar refractivity (Wildman–Crippen MR) is 90.6 cm³/mol. The van der Waals surface area contributed by atoms with Gasteiger partial charge in [0.15, 0.2) is 0 Å². The number of benzene rings is 1. The molecule has 1 heterocycles. The second-order valence-corrected chi connectivity index (χ2v) is 5.95. The van der Waals surface area contributed by atoms with Gasteiger partial charge in [0.1, 0.15) is 0 Å². The molecular formula is C18H26N2O3. The van der Waals surface area contributed by atoms with Crippen molar-refractivity contribution < 1.29 is 14.3 Å². The van der Waals surface area contributed by atoms with E-state index in [4.69, 9.17) is 4.74 Å². The van der Waals surface area contributed by atoms with E-state index in [1.165, 1.54) is 25.7 Å². The first-order valence-corrected chi connectivity index (χ1v) is 8.48. The molecule has 1 amide bonds. The van der Waals surface area contributed by atoms with Crippen LogP contribution in [-0.2, 0) is 9.53 Å². The number of esters is 1. The number of amides is 1. The molecule has 1 aromatic carbocycles. The van der Waals surface area contributed by atoms with Crippen molar-refractivity contribution in [1.29, 1.82) is 0 Å². The molecule has 1 fully saturated rings. The molecule has 1 aromatic rings. The number of nitrogens with one attached hydrogen (secondary N) is 1. The van der Waals surface area contributed by atoms with E-state index >= 15 is 0 Å². The summed E-state index contributed by atoms with van der Waals surface area (Å²) in [5.41, 5.74) is 1.21. The van der Waals surface area contributed by atoms with Crippen molar-refractivity contribution in [2.45, 2.75) is 39.0 Å². The summed E-state index contributed by atoms with van der Waals surface area (Å²) in [5.74, 6) is -0.331. The van der Waals surface area contributed by atoms with E-state index in [0.717, 1.165) is 19.5 Å². The lowest BCUT2D eigenvalue weighted by Gasteiger charge is -2.19. The molecule has 5 nitrogen and oxygen atoms in total. The van der Waals surface area contributed by atoms with E-state index in [2.05, 4.69) is 10.2 Å². The van der Waals surface area contributed by atoms with Gasteiger partial charge in [-0.1, -0.05) is 19.8 Å². The lowest BCUT2D eigenvalue weighted by Crippen LogP contribution is -2.33. The monoisotopic (exact) mass is 318 g/mol. The SMILES string of the molecule is CCCOC(=O)c1ccc(NC(=O)CN2CCCCCC2)cc1. The highest BCUT2D eigenvalue weighted by molar-refractivity contribution is 5.94. The molecule has 5 heteroatoms. The summed E-state index contributed by atoms with van der Waals surface area (Å²) in [6, 6.07) is 6.84. The Bertz CT molecular complexity index is 506. The van der Waals surface area contributed by atoms with Crippen molar-refractivity contribution in [3.8, 4) is 0 Å². The van der Waals surface area contributed by atoms with Gasteiger partial charge in [-0.2, -0.15) is 0 Å². The zero-order chi connectivity index (χ0) is 16.5. The largest absolute Gasteiger partial charge is 0.462 e. The summed E-state index contributed by atoms with van der Waals surface area (Å²) < 4.78 is 5.08. The maximum Gasteiger partial charge on any atom is 0.338 e. The Morgan fingerprint density at radius 3 is 2.35 bits per heavy atom. The van der Waals surface area contributed by atoms with Crippen molar-refractivity contribution in [3.05, 3.63) is 29.8 Å². The van der Waals surface area contributed by atoms with E-state index in [1.807, 2.05) is 6.92 Å². The van der Waals surface area contributed by atoms with E-state index in [1.54, 1.807) is 24.3 Å². The fourth-order valence-corrected chi connectivity index (χ4v) is 2.67. The summed E-state index contributed by atoms with van der Waals surface area (Å²) >= 11 is 0. The maximum atomic E-state index is 12.1. The number of carbonyl (C=O) groups excluding carboxylic acids is 2. The zero-order valence-electron chi connectivity index (χ0n) is 13.8. The van der Waals surface area contributed by atoms with Gasteiger partial charge in [-0.05, 0) is 56.6 Å². The van der Waals surface area contributed by atoms with Crippen LogP contribution < -0.4 is 5.32 Å². The summed E-state index contributed by atoms with van der Waals surface area (Å²) in [4.78, 5) is 26.0. The lowest BCUT2D eigenvalue weighted by atomic mass is 10.2. The minimum Gasteiger partial charge on any atom is -0.462 e. The first-order valence-electron chi connectivity index (χ1n) is 8.48. The molecule has 1 saturated heterocycles. The Balaban J connectivity index is 1.82. The topological polar surface area (TPSA) is 58.6 Å². The number of nitrogens with zero attached hydrogens (tertiary/aromatic N) is 1. The third-order valence-electron chi connectivity index (χ3n) is 3.91. The second kappa shape index (κ2) is 9.30. The second-order valence-electron chi connectivity index (χ2n) is 5.95. The Kier molecular flexibility index (Phi) is 7.07. The molecule has 126 valence electrons. The molecule has 23 heavy (non-hydrogen) atoms. The number of ether oxygens (including phenoxy) is 1. The lowest BCUT2D eigenvalue weighted by molar-refractivity contribution is -0.117. The van der Waals surface area contributed by atoms with Crippen LogP contribution in [-0.4, -0.2) is 43.0 Å². The minimum absolute atomic E-state index is 0.00629. The molecule has 0 bridgehead atoms. The predicted octanol–water partition coefficient (Wildman–Crippen LogP) is 3.07. The first kappa shape index (κ1) is 17.5. The summed E-state index contributed by atoms with van der Waals surface area (Å²) in [5, 5.41) is 2.89. The van der Waals surface area contributed by atoms with Gasteiger partial charge < -0.3 is 10.1 Å². The average Bonchev–Trinajstić information content (AvgIpc) is 2.82. The van der Waals surface area contributed by atoms with Gasteiger partial charge in [-0.15, -0.1) is 0 Å². The molecule has 1 aliphatic rings. The highest BCUT2D eigenvalue weighted by Gasteiger charge is 2.13. The Morgan fingerprint density at radius 2 is 1.74 bits per heavy atom. The van der Waals surface area contributed by atoms with E-state index in [9.17, 15) is 9.59 Å². The maximum absolute atomic E-state index is 12.1. The van der Waals surface area contributed by atoms with Gasteiger partial charge in [0.05, 0.1) is 18.7 Å². The average molecular weight is 318 g/mol. The van der Waals surface area contributed by atoms with E-state index in [-0.39, 0.29) is 11.9 Å². The van der Waals surface area contributed by atoms with Gasteiger partial charge in [0.25, 0.3) is 0 Å². The number of carbonyl (C=O) groups is 2. The van der Waals surface area contributed by atoms with Gasteiger partial charge in [0.2, 0.25) is 5.91 Å². The fraction of sp³-hybridized carbons (Fsp3) is 0.556. The number of hydrogen-bond acceptors (Lipinski definition) is 4. The smallest absolute Gasteiger partial charge is 0.338 e. The standard InChI is InChI=1S/C18H26N2O3/c1-2-13-23-18(22)15-7-9-16(10-8-15)19-17(21)14-20-11-5-3-4-6-12-20/h7-10H,2-6,11-14H2,1H3,(H,19,21). The van der Waals surface area contributed by atoms with Crippen molar-refractivity contribution in [1.82, 2.24) is 4.90 Å². The van der Waals surface area contributed by atoms with Crippen LogP contribution in [0.1, 0.15) is 49.4 Å². The number of likely N-dealkylation sites (tertiary alicyclic amines) is 1. The molecule has 0 spiro atoms. The van der Waals surface area contributed by atoms with Crippen molar-refractivity contribution in [2.24, 2.45) is 0 Å². The van der Waals surface area contributed by atoms with Crippen LogP contribution in [0.3, 0.4) is 0 Å². The van der Waals surface area contributed by atoms with Crippen LogP contribution in [0, 0.1) is 0 Å². The third kappa shape index (κ3) is 6.02. The summed E-state index contributed by atoms with van der Waals surface area (Å²) in [6.45, 7) is 4.80. The van der Waals surface area contributed by atoms with Crippen LogP contribution in [0.25, 0.3) is 0 Å².